The monoisotopic (exact) mass is 402 g/mol. The first kappa shape index (κ1) is 18.7. The van der Waals surface area contributed by atoms with E-state index in [0.29, 0.717) is 24.2 Å². The number of hydrogen-bond acceptors (Lipinski definition) is 3. The molecule has 0 bridgehead atoms. The van der Waals surface area contributed by atoms with Crippen molar-refractivity contribution in [2.75, 3.05) is 0 Å². The summed E-state index contributed by atoms with van der Waals surface area (Å²) in [5.41, 5.74) is 5.77. The van der Waals surface area contributed by atoms with Gasteiger partial charge in [-0.3, -0.25) is 9.59 Å². The molecule has 0 aromatic heterocycles. The van der Waals surface area contributed by atoms with Gasteiger partial charge in [-0.25, -0.2) is 0 Å². The maximum atomic E-state index is 12.1. The number of Topliss-reactive ketones (excluding diaryl/α,β-unsaturated/α-hetero) is 1. The van der Waals surface area contributed by atoms with E-state index in [2.05, 4.69) is 19.1 Å². The number of allylic oxidation sites excluding steroid dienone is 4. The number of fused-ring (bicyclic) bond motifs is 6. The number of benzene rings is 1. The Morgan fingerprint density at radius 3 is 2.60 bits per heavy atom. The van der Waals surface area contributed by atoms with Crippen molar-refractivity contribution in [1.29, 1.82) is 0 Å². The molecule has 5 aliphatic rings. The van der Waals surface area contributed by atoms with Gasteiger partial charge in [-0.15, -0.1) is 0 Å². The number of rotatable bonds is 2. The summed E-state index contributed by atoms with van der Waals surface area (Å²) in [5, 5.41) is 11.4. The molecule has 5 aliphatic carbocycles. The Morgan fingerprint density at radius 2 is 1.87 bits per heavy atom. The molecular formula is C27H30O3. The van der Waals surface area contributed by atoms with E-state index in [9.17, 15) is 14.7 Å². The highest BCUT2D eigenvalue weighted by Crippen LogP contribution is 2.75. The van der Waals surface area contributed by atoms with Crippen molar-refractivity contribution in [2.24, 2.45) is 23.2 Å². The summed E-state index contributed by atoms with van der Waals surface area (Å²) in [6.07, 6.45) is 8.60. The van der Waals surface area contributed by atoms with Gasteiger partial charge in [0.25, 0.3) is 0 Å². The summed E-state index contributed by atoms with van der Waals surface area (Å²) in [6, 6.07) is 8.18. The zero-order valence-corrected chi connectivity index (χ0v) is 17.9. The first-order valence-corrected chi connectivity index (χ1v) is 11.6. The molecule has 3 heteroatoms. The molecular weight excluding hydrogens is 372 g/mol. The lowest BCUT2D eigenvalue weighted by atomic mass is 9.51. The van der Waals surface area contributed by atoms with Crippen LogP contribution >= 0.6 is 0 Å². The van der Waals surface area contributed by atoms with Crippen LogP contribution in [-0.2, 0) is 4.79 Å². The van der Waals surface area contributed by atoms with Crippen LogP contribution in [0.3, 0.4) is 0 Å². The quantitative estimate of drug-likeness (QED) is 0.696. The molecule has 0 radical (unpaired) electrons. The normalized spacial score (nSPS) is 41.4. The van der Waals surface area contributed by atoms with Gasteiger partial charge in [0.15, 0.2) is 11.6 Å². The predicted molar refractivity (Wildman–Crippen MR) is 115 cm³/mol. The first-order valence-electron chi connectivity index (χ1n) is 11.6. The fraction of sp³-hybridized carbons (Fsp3) is 0.556. The summed E-state index contributed by atoms with van der Waals surface area (Å²) in [5.74, 6) is 2.17. The molecule has 6 atom stereocenters. The molecule has 0 saturated heterocycles. The van der Waals surface area contributed by atoms with Crippen LogP contribution in [0.2, 0.25) is 0 Å². The highest BCUT2D eigenvalue weighted by atomic mass is 16.3. The number of aliphatic hydroxyl groups is 1. The second-order valence-electron chi connectivity index (χ2n) is 10.7. The topological polar surface area (TPSA) is 54.4 Å². The first-order chi connectivity index (χ1) is 14.3. The van der Waals surface area contributed by atoms with E-state index in [1.807, 2.05) is 18.2 Å². The second-order valence-corrected chi connectivity index (χ2v) is 10.7. The predicted octanol–water partition coefficient (Wildman–Crippen LogP) is 5.15. The average Bonchev–Trinajstić information content (AvgIpc) is 3.34. The zero-order valence-electron chi connectivity index (χ0n) is 17.9. The Kier molecular flexibility index (Phi) is 3.77. The Balaban J connectivity index is 1.51. The Bertz CT molecular complexity index is 1030. The summed E-state index contributed by atoms with van der Waals surface area (Å²) < 4.78 is 0. The smallest absolute Gasteiger partial charge is 0.159 e. The summed E-state index contributed by atoms with van der Waals surface area (Å²) >= 11 is 0. The van der Waals surface area contributed by atoms with E-state index in [0.717, 1.165) is 44.1 Å². The molecule has 156 valence electrons. The van der Waals surface area contributed by atoms with Crippen LogP contribution in [0.1, 0.15) is 80.6 Å². The maximum absolute atomic E-state index is 12.1. The molecule has 30 heavy (non-hydrogen) atoms. The van der Waals surface area contributed by atoms with Crippen molar-refractivity contribution >= 4 is 11.6 Å². The van der Waals surface area contributed by atoms with E-state index < -0.39 is 5.60 Å². The molecule has 1 aromatic rings. The van der Waals surface area contributed by atoms with Crippen molar-refractivity contribution in [1.82, 2.24) is 0 Å². The summed E-state index contributed by atoms with van der Waals surface area (Å²) in [6.45, 7) is 3.96. The lowest BCUT2D eigenvalue weighted by molar-refractivity contribution is -0.114. The van der Waals surface area contributed by atoms with Crippen molar-refractivity contribution in [3.05, 3.63) is 58.2 Å². The van der Waals surface area contributed by atoms with Gasteiger partial charge in [0, 0.05) is 23.3 Å². The van der Waals surface area contributed by atoms with Crippen molar-refractivity contribution in [3.63, 3.8) is 0 Å². The van der Waals surface area contributed by atoms with E-state index in [-0.39, 0.29) is 22.9 Å². The zero-order chi connectivity index (χ0) is 20.8. The van der Waals surface area contributed by atoms with Crippen molar-refractivity contribution in [3.8, 4) is 0 Å². The van der Waals surface area contributed by atoms with E-state index in [1.165, 1.54) is 16.7 Å². The van der Waals surface area contributed by atoms with Crippen molar-refractivity contribution in [2.45, 2.75) is 70.3 Å². The van der Waals surface area contributed by atoms with Crippen LogP contribution in [0, 0.1) is 23.2 Å². The van der Waals surface area contributed by atoms with E-state index in [4.69, 9.17) is 0 Å². The lowest BCUT2D eigenvalue weighted by Crippen LogP contribution is -2.47. The van der Waals surface area contributed by atoms with Gasteiger partial charge >= 0.3 is 0 Å². The number of hydrogen-bond donors (Lipinski definition) is 1. The average molecular weight is 403 g/mol. The third kappa shape index (κ3) is 2.36. The Morgan fingerprint density at radius 1 is 1.10 bits per heavy atom. The van der Waals surface area contributed by atoms with Gasteiger partial charge in [0.05, 0.1) is 5.60 Å². The van der Waals surface area contributed by atoms with Gasteiger partial charge in [-0.2, -0.15) is 0 Å². The fourth-order valence-corrected chi connectivity index (χ4v) is 7.79. The Hall–Kier alpha value is -2.00. The number of carbonyl (C=O) groups is 2. The molecule has 0 amide bonds. The molecule has 0 spiro atoms. The molecule has 6 rings (SSSR count). The highest BCUT2D eigenvalue weighted by Gasteiger charge is 2.74. The molecule has 1 aromatic carbocycles. The molecule has 3 nitrogen and oxygen atoms in total. The lowest BCUT2D eigenvalue weighted by Gasteiger charge is -2.53. The highest BCUT2D eigenvalue weighted by molar-refractivity contribution is 5.94. The van der Waals surface area contributed by atoms with Gasteiger partial charge in [0.2, 0.25) is 0 Å². The van der Waals surface area contributed by atoms with Crippen LogP contribution < -0.4 is 0 Å². The van der Waals surface area contributed by atoms with Crippen molar-refractivity contribution < 1.29 is 14.7 Å². The molecule has 1 N–H and O–H groups in total. The minimum Gasteiger partial charge on any atom is -0.389 e. The third-order valence-corrected chi connectivity index (χ3v) is 9.44. The molecule has 3 fully saturated rings. The molecule has 1 unspecified atom stereocenters. The molecule has 3 saturated carbocycles. The van der Waals surface area contributed by atoms with Gasteiger partial charge in [0.1, 0.15) is 0 Å². The summed E-state index contributed by atoms with van der Waals surface area (Å²) in [7, 11) is 0. The molecule has 0 heterocycles. The minimum absolute atomic E-state index is 0.0397. The van der Waals surface area contributed by atoms with Crippen LogP contribution in [0.5, 0.6) is 0 Å². The van der Waals surface area contributed by atoms with Crippen LogP contribution in [0.4, 0.5) is 0 Å². The molecule has 0 aliphatic heterocycles. The van der Waals surface area contributed by atoms with Gasteiger partial charge in [-0.05, 0) is 86.0 Å². The fourth-order valence-electron chi connectivity index (χ4n) is 7.79. The van der Waals surface area contributed by atoms with Crippen LogP contribution in [0.25, 0.3) is 0 Å². The van der Waals surface area contributed by atoms with Gasteiger partial charge in [-0.1, -0.05) is 36.8 Å². The van der Waals surface area contributed by atoms with Gasteiger partial charge < -0.3 is 5.11 Å². The largest absolute Gasteiger partial charge is 0.389 e. The van der Waals surface area contributed by atoms with Crippen LogP contribution in [-0.4, -0.2) is 22.3 Å². The minimum atomic E-state index is -0.482. The Labute approximate surface area is 178 Å². The van der Waals surface area contributed by atoms with E-state index in [1.54, 1.807) is 12.5 Å². The summed E-state index contributed by atoms with van der Waals surface area (Å²) in [4.78, 5) is 23.9. The maximum Gasteiger partial charge on any atom is 0.159 e. The van der Waals surface area contributed by atoms with Crippen LogP contribution in [0.15, 0.2) is 47.1 Å². The van der Waals surface area contributed by atoms with E-state index >= 15 is 0 Å². The number of ketones is 2. The SMILES string of the molecule is CC(=O)c1ccc([C@H]2C[C@@]3(C)[C@@H](C[C@H]4CC43O)[C@@H]3CCC4=CC(=O)CCC4=C32)cc1. The standard InChI is InChI=1S/C27H30O3/c1-15(28)16-3-5-17(6-4-16)23-14-26(2)24(12-19-13-27(19,26)30)22-9-7-18-11-20(29)8-10-21(18)25(22)23/h3-6,11,19,22-24,30H,7-10,12-14H2,1-2H3/t19-,22-,23+,24-,26-,27?/m0/s1. The number of carbonyl (C=O) groups excluding carboxylic acids is 2. The second kappa shape index (κ2) is 6.03. The third-order valence-electron chi connectivity index (χ3n) is 9.44.